The predicted molar refractivity (Wildman–Crippen MR) is 131 cm³/mol. The van der Waals surface area contributed by atoms with Crippen molar-refractivity contribution in [2.24, 2.45) is 0 Å². The summed E-state index contributed by atoms with van der Waals surface area (Å²) in [4.78, 5) is 0. The number of hydrogen-bond acceptors (Lipinski definition) is 5. The quantitative estimate of drug-likeness (QED) is 0.327. The third-order valence-corrected chi connectivity index (χ3v) is 7.59. The highest BCUT2D eigenvalue weighted by atomic mass is 31.2. The van der Waals surface area contributed by atoms with Gasteiger partial charge < -0.3 is 9.30 Å². The lowest BCUT2D eigenvalue weighted by Gasteiger charge is -2.30. The lowest BCUT2D eigenvalue weighted by Crippen LogP contribution is -2.17. The van der Waals surface area contributed by atoms with Crippen LogP contribution < -0.4 is 9.82 Å². The zero-order chi connectivity index (χ0) is 23.4. The topological polar surface area (TPSA) is 85.5 Å². The monoisotopic (exact) mass is 467 g/mol. The number of fused-ring (bicyclic) bond motifs is 1. The molecule has 0 atom stereocenters. The Hall–Kier alpha value is -2.78. The minimum Gasteiger partial charge on any atom is -0.494 e. The number of benzene rings is 2. The van der Waals surface area contributed by atoms with Gasteiger partial charge in [0.2, 0.25) is 0 Å². The van der Waals surface area contributed by atoms with Crippen LogP contribution in [0.3, 0.4) is 0 Å². The van der Waals surface area contributed by atoms with Gasteiger partial charge in [0.15, 0.2) is 0 Å². The van der Waals surface area contributed by atoms with Crippen LogP contribution in [0.2, 0.25) is 0 Å². The molecule has 0 spiro atoms. The second-order valence-electron chi connectivity index (χ2n) is 7.92. The Kier molecular flexibility index (Phi) is 7.09. The van der Waals surface area contributed by atoms with E-state index in [1.165, 1.54) is 6.42 Å². The van der Waals surface area contributed by atoms with Gasteiger partial charge in [-0.15, -0.1) is 0 Å². The molecule has 174 valence electrons. The Bertz CT molecular complexity index is 1200. The Morgan fingerprint density at radius 2 is 1.76 bits per heavy atom. The number of rotatable bonds is 10. The summed E-state index contributed by atoms with van der Waals surface area (Å²) in [5.41, 5.74) is 4.16. The lowest BCUT2D eigenvalue weighted by molar-refractivity contribution is 0.225. The van der Waals surface area contributed by atoms with E-state index in [0.29, 0.717) is 23.9 Å². The highest BCUT2D eigenvalue weighted by molar-refractivity contribution is 7.55. The largest absolute Gasteiger partial charge is 0.494 e. The highest BCUT2D eigenvalue weighted by Gasteiger charge is 2.28. The third kappa shape index (κ3) is 4.65. The van der Waals surface area contributed by atoms with Gasteiger partial charge in [-0.25, -0.2) is 4.57 Å². The van der Waals surface area contributed by atoms with Crippen molar-refractivity contribution >= 4 is 24.3 Å². The zero-order valence-electron chi connectivity index (χ0n) is 19.3. The standard InChI is InChI=1S/C25H30N3O4P/c1-4-30-21-14-15-22-23(17-26)25(28(24(22)16-21)20-8-7-9-20)18-10-12-19(13-11-18)27-33(29,31-5-2)32-6-3/h10-16,20H,4-9H2,1-3H3,(H,27,29). The molecule has 0 aliphatic heterocycles. The van der Waals surface area contributed by atoms with Crippen molar-refractivity contribution in [3.8, 4) is 23.1 Å². The maximum Gasteiger partial charge on any atom is 0.432 e. The molecule has 33 heavy (non-hydrogen) atoms. The van der Waals surface area contributed by atoms with E-state index in [-0.39, 0.29) is 13.2 Å². The first-order valence-electron chi connectivity index (χ1n) is 11.5. The molecular formula is C25H30N3O4P. The lowest BCUT2D eigenvalue weighted by atomic mass is 9.92. The van der Waals surface area contributed by atoms with E-state index >= 15 is 0 Å². The van der Waals surface area contributed by atoms with Gasteiger partial charge in [-0.1, -0.05) is 12.1 Å². The number of ether oxygens (including phenoxy) is 1. The summed E-state index contributed by atoms with van der Waals surface area (Å²) >= 11 is 0. The van der Waals surface area contributed by atoms with Gasteiger partial charge in [0.1, 0.15) is 11.8 Å². The molecule has 1 N–H and O–H groups in total. The Labute approximate surface area is 194 Å². The van der Waals surface area contributed by atoms with Crippen molar-refractivity contribution < 1.29 is 18.3 Å². The molecule has 7 nitrogen and oxygen atoms in total. The van der Waals surface area contributed by atoms with Crippen LogP contribution in [0.15, 0.2) is 42.5 Å². The molecule has 1 aliphatic rings. The molecule has 8 heteroatoms. The molecule has 1 saturated carbocycles. The molecule has 0 saturated heterocycles. The van der Waals surface area contributed by atoms with Crippen LogP contribution in [-0.2, 0) is 13.6 Å². The highest BCUT2D eigenvalue weighted by Crippen LogP contribution is 2.48. The van der Waals surface area contributed by atoms with Crippen molar-refractivity contribution in [3.05, 3.63) is 48.0 Å². The number of nitrogens with zero attached hydrogens (tertiary/aromatic N) is 2. The van der Waals surface area contributed by atoms with E-state index in [1.54, 1.807) is 13.8 Å². The molecular weight excluding hydrogens is 437 g/mol. The van der Waals surface area contributed by atoms with Crippen molar-refractivity contribution in [2.45, 2.75) is 46.1 Å². The fourth-order valence-corrected chi connectivity index (χ4v) is 5.62. The Balaban J connectivity index is 1.77. The normalized spacial score (nSPS) is 14.1. The van der Waals surface area contributed by atoms with Crippen molar-refractivity contribution in [3.63, 3.8) is 0 Å². The number of aromatic nitrogens is 1. The molecule has 1 heterocycles. The number of hydrogen-bond donors (Lipinski definition) is 1. The van der Waals surface area contributed by atoms with Gasteiger partial charge in [0.25, 0.3) is 0 Å². The van der Waals surface area contributed by atoms with E-state index in [2.05, 4.69) is 15.7 Å². The van der Waals surface area contributed by atoms with Crippen LogP contribution >= 0.6 is 7.75 Å². The van der Waals surface area contributed by atoms with Crippen LogP contribution in [-0.4, -0.2) is 24.4 Å². The molecule has 2 aromatic carbocycles. The first kappa shape index (κ1) is 23.4. The molecule has 0 unspecified atom stereocenters. The number of nitriles is 1. The third-order valence-electron chi connectivity index (χ3n) is 5.86. The Morgan fingerprint density at radius 1 is 1.06 bits per heavy atom. The summed E-state index contributed by atoms with van der Waals surface area (Å²) in [7, 11) is -3.42. The van der Waals surface area contributed by atoms with Crippen LogP contribution in [0.5, 0.6) is 5.75 Å². The molecule has 1 aromatic heterocycles. The summed E-state index contributed by atoms with van der Waals surface area (Å²) in [6.07, 6.45) is 3.36. The zero-order valence-corrected chi connectivity index (χ0v) is 20.2. The first-order chi connectivity index (χ1) is 16.0. The summed E-state index contributed by atoms with van der Waals surface area (Å²) in [5, 5.41) is 13.9. The fourth-order valence-electron chi connectivity index (χ4n) is 4.27. The molecule has 1 fully saturated rings. The van der Waals surface area contributed by atoms with Crippen molar-refractivity contribution in [2.75, 3.05) is 24.9 Å². The van der Waals surface area contributed by atoms with Crippen LogP contribution in [0.1, 0.15) is 51.6 Å². The van der Waals surface area contributed by atoms with Gasteiger partial charge >= 0.3 is 7.75 Å². The summed E-state index contributed by atoms with van der Waals surface area (Å²) in [6.45, 7) is 6.66. The maximum atomic E-state index is 12.8. The van der Waals surface area contributed by atoms with Crippen LogP contribution in [0.25, 0.3) is 22.2 Å². The summed E-state index contributed by atoms with van der Waals surface area (Å²) in [6, 6.07) is 16.3. The van der Waals surface area contributed by atoms with E-state index in [1.807, 2.05) is 49.4 Å². The van der Waals surface area contributed by atoms with E-state index in [0.717, 1.165) is 40.8 Å². The van der Waals surface area contributed by atoms with Crippen molar-refractivity contribution in [1.29, 1.82) is 5.26 Å². The van der Waals surface area contributed by atoms with Crippen LogP contribution in [0, 0.1) is 11.3 Å². The van der Waals surface area contributed by atoms with Crippen molar-refractivity contribution in [1.82, 2.24) is 4.57 Å². The molecule has 0 radical (unpaired) electrons. The minimum atomic E-state index is -3.42. The summed E-state index contributed by atoms with van der Waals surface area (Å²) < 4.78 is 31.5. The smallest absolute Gasteiger partial charge is 0.432 e. The van der Waals surface area contributed by atoms with Gasteiger partial charge in [-0.3, -0.25) is 14.1 Å². The van der Waals surface area contributed by atoms with Gasteiger partial charge in [-0.05, 0) is 69.9 Å². The van der Waals surface area contributed by atoms with Crippen LogP contribution in [0.4, 0.5) is 5.69 Å². The SMILES string of the molecule is CCOc1ccc2c(C#N)c(-c3ccc(NP(=O)(OCC)OCC)cc3)n(C3CCC3)c2c1. The van der Waals surface area contributed by atoms with E-state index in [9.17, 15) is 9.83 Å². The number of nitrogens with one attached hydrogen (secondary N) is 1. The van der Waals surface area contributed by atoms with Gasteiger partial charge in [-0.2, -0.15) is 5.26 Å². The molecule has 4 rings (SSSR count). The predicted octanol–water partition coefficient (Wildman–Crippen LogP) is 6.90. The maximum absolute atomic E-state index is 12.8. The molecule has 0 amide bonds. The van der Waals surface area contributed by atoms with Gasteiger partial charge in [0.05, 0.1) is 36.6 Å². The molecule has 0 bridgehead atoms. The van der Waals surface area contributed by atoms with E-state index < -0.39 is 7.75 Å². The Morgan fingerprint density at radius 3 is 2.30 bits per heavy atom. The fraction of sp³-hybridized carbons (Fsp3) is 0.400. The second kappa shape index (κ2) is 10.0. The molecule has 3 aromatic rings. The average molecular weight is 468 g/mol. The average Bonchev–Trinajstić information content (AvgIpc) is 3.07. The summed E-state index contributed by atoms with van der Waals surface area (Å²) in [5.74, 6) is 0.807. The number of anilines is 1. The second-order valence-corrected chi connectivity index (χ2v) is 9.66. The van der Waals surface area contributed by atoms with E-state index in [4.69, 9.17) is 13.8 Å². The van der Waals surface area contributed by atoms with Gasteiger partial charge in [0, 0.05) is 23.2 Å². The molecule has 1 aliphatic carbocycles. The minimum absolute atomic E-state index is 0.277. The first-order valence-corrected chi connectivity index (χ1v) is 13.1.